The summed E-state index contributed by atoms with van der Waals surface area (Å²) in [7, 11) is 0. The van der Waals surface area contributed by atoms with Crippen LogP contribution in [-0.4, -0.2) is 19.2 Å². The predicted octanol–water partition coefficient (Wildman–Crippen LogP) is 5.08. The zero-order chi connectivity index (χ0) is 22.3. The van der Waals surface area contributed by atoms with Gasteiger partial charge in [0.25, 0.3) is 0 Å². The van der Waals surface area contributed by atoms with Gasteiger partial charge in [-0.2, -0.15) is 5.26 Å². The first kappa shape index (κ1) is 21.5. The van der Waals surface area contributed by atoms with E-state index in [1.807, 2.05) is 44.3 Å². The first-order chi connectivity index (χ1) is 15.7. The first-order valence-electron chi connectivity index (χ1n) is 11.1. The molecule has 2 N–H and O–H groups in total. The Hall–Kier alpha value is -3.72. The minimum atomic E-state index is -0.137. The minimum absolute atomic E-state index is 0.137. The van der Waals surface area contributed by atoms with Crippen LogP contribution < -0.4 is 20.1 Å². The van der Waals surface area contributed by atoms with E-state index in [9.17, 15) is 5.26 Å². The van der Waals surface area contributed by atoms with E-state index in [2.05, 4.69) is 41.0 Å². The summed E-state index contributed by atoms with van der Waals surface area (Å²) >= 11 is 0. The second-order valence-electron chi connectivity index (χ2n) is 7.67. The van der Waals surface area contributed by atoms with Crippen molar-refractivity contribution in [3.63, 3.8) is 0 Å². The number of rotatable bonds is 6. The largest absolute Gasteiger partial charge is 0.494 e. The van der Waals surface area contributed by atoms with Gasteiger partial charge in [-0.1, -0.05) is 24.3 Å². The standard InChI is InChI=1S/C26H28N4O2/c1-3-31-21-12-8-18(9-13-21)16-20-6-5-7-23-24(29-26(28-17-27)30-25(20)23)19-10-14-22(15-11-19)32-4-2/h8-16,24H,3-7H2,1-2H3,(H2,28,29,30)/b20-16+. The van der Waals surface area contributed by atoms with Crippen LogP contribution in [0.1, 0.15) is 50.3 Å². The number of benzene rings is 2. The van der Waals surface area contributed by atoms with Crippen molar-refractivity contribution in [1.82, 2.24) is 10.6 Å². The zero-order valence-corrected chi connectivity index (χ0v) is 18.5. The zero-order valence-electron chi connectivity index (χ0n) is 18.5. The summed E-state index contributed by atoms with van der Waals surface area (Å²) < 4.78 is 11.1. The quantitative estimate of drug-likeness (QED) is 0.496. The molecule has 6 nitrogen and oxygen atoms in total. The second-order valence-corrected chi connectivity index (χ2v) is 7.67. The SMILES string of the molecule is CCOc1ccc(/C=C2\CCCC3=C2NC(NC#N)=NC3c2ccc(OCC)cc2)cc1. The monoisotopic (exact) mass is 428 g/mol. The van der Waals surface area contributed by atoms with Crippen LogP contribution >= 0.6 is 0 Å². The molecule has 1 aliphatic heterocycles. The Labute approximate surface area is 189 Å². The second kappa shape index (κ2) is 10.1. The molecule has 2 aromatic rings. The summed E-state index contributed by atoms with van der Waals surface area (Å²) in [6.07, 6.45) is 7.20. The van der Waals surface area contributed by atoms with Gasteiger partial charge >= 0.3 is 0 Å². The molecular weight excluding hydrogens is 400 g/mol. The summed E-state index contributed by atoms with van der Waals surface area (Å²) in [5.74, 6) is 2.19. The maximum absolute atomic E-state index is 9.20. The third-order valence-electron chi connectivity index (χ3n) is 5.58. The third kappa shape index (κ3) is 4.78. The number of nitriles is 1. The molecule has 1 aliphatic carbocycles. The van der Waals surface area contributed by atoms with Crippen molar-refractivity contribution in [3.8, 4) is 17.7 Å². The van der Waals surface area contributed by atoms with E-state index in [0.717, 1.165) is 47.6 Å². The lowest BCUT2D eigenvalue weighted by Gasteiger charge is -2.32. The fourth-order valence-electron chi connectivity index (χ4n) is 4.19. The number of nitrogens with zero attached hydrogens (tertiary/aromatic N) is 2. The van der Waals surface area contributed by atoms with E-state index in [1.165, 1.54) is 11.1 Å². The van der Waals surface area contributed by atoms with Crippen LogP contribution in [0.5, 0.6) is 11.5 Å². The highest BCUT2D eigenvalue weighted by molar-refractivity contribution is 5.86. The topological polar surface area (TPSA) is 78.7 Å². The van der Waals surface area contributed by atoms with Gasteiger partial charge in [0.15, 0.2) is 6.19 Å². The summed E-state index contributed by atoms with van der Waals surface area (Å²) in [6, 6.07) is 16.1. The number of aliphatic imine (C=N–C) groups is 1. The Bertz CT molecular complexity index is 1080. The molecule has 1 atom stereocenters. The van der Waals surface area contributed by atoms with Gasteiger partial charge in [-0.15, -0.1) is 0 Å². The number of guanidine groups is 1. The van der Waals surface area contributed by atoms with Crippen molar-refractivity contribution in [1.29, 1.82) is 5.26 Å². The molecule has 1 heterocycles. The van der Waals surface area contributed by atoms with Crippen molar-refractivity contribution in [2.24, 2.45) is 4.99 Å². The first-order valence-corrected chi connectivity index (χ1v) is 11.1. The predicted molar refractivity (Wildman–Crippen MR) is 126 cm³/mol. The van der Waals surface area contributed by atoms with Gasteiger partial charge in [-0.3, -0.25) is 5.32 Å². The van der Waals surface area contributed by atoms with Gasteiger partial charge in [0.05, 0.1) is 13.2 Å². The molecule has 0 fully saturated rings. The summed E-state index contributed by atoms with van der Waals surface area (Å²) in [5.41, 5.74) is 5.74. The van der Waals surface area contributed by atoms with Crippen LogP contribution in [0.2, 0.25) is 0 Å². The van der Waals surface area contributed by atoms with E-state index >= 15 is 0 Å². The summed E-state index contributed by atoms with van der Waals surface area (Å²) in [5, 5.41) is 15.3. The highest BCUT2D eigenvalue weighted by Crippen LogP contribution is 2.41. The van der Waals surface area contributed by atoms with Crippen LogP contribution in [0.15, 0.2) is 70.4 Å². The van der Waals surface area contributed by atoms with E-state index in [4.69, 9.17) is 14.5 Å². The van der Waals surface area contributed by atoms with Gasteiger partial charge in [0.1, 0.15) is 17.5 Å². The fraction of sp³-hybridized carbons (Fsp3) is 0.308. The van der Waals surface area contributed by atoms with Gasteiger partial charge in [0.2, 0.25) is 5.96 Å². The molecule has 0 aromatic heterocycles. The van der Waals surface area contributed by atoms with E-state index in [0.29, 0.717) is 19.2 Å². The molecule has 0 amide bonds. The molecule has 32 heavy (non-hydrogen) atoms. The van der Waals surface area contributed by atoms with Gasteiger partial charge < -0.3 is 14.8 Å². The van der Waals surface area contributed by atoms with Crippen LogP contribution in [0.4, 0.5) is 0 Å². The molecule has 0 radical (unpaired) electrons. The minimum Gasteiger partial charge on any atom is -0.494 e. The molecule has 0 bridgehead atoms. The highest BCUT2D eigenvalue weighted by Gasteiger charge is 2.30. The molecule has 0 saturated heterocycles. The van der Waals surface area contributed by atoms with Crippen molar-refractivity contribution in [3.05, 3.63) is 76.5 Å². The third-order valence-corrected chi connectivity index (χ3v) is 5.58. The van der Waals surface area contributed by atoms with E-state index < -0.39 is 0 Å². The number of ether oxygens (including phenoxy) is 2. The molecule has 2 aliphatic rings. The highest BCUT2D eigenvalue weighted by atomic mass is 16.5. The Balaban J connectivity index is 1.69. The van der Waals surface area contributed by atoms with Crippen LogP contribution in [0, 0.1) is 11.5 Å². The number of hydrogen-bond donors (Lipinski definition) is 2. The molecule has 0 saturated carbocycles. The Morgan fingerprint density at radius 1 is 1.03 bits per heavy atom. The van der Waals surface area contributed by atoms with E-state index in [-0.39, 0.29) is 6.04 Å². The fourth-order valence-corrected chi connectivity index (χ4v) is 4.19. The Morgan fingerprint density at radius 3 is 2.31 bits per heavy atom. The smallest absolute Gasteiger partial charge is 0.210 e. The Kier molecular flexibility index (Phi) is 6.76. The van der Waals surface area contributed by atoms with Crippen molar-refractivity contribution < 1.29 is 9.47 Å². The molecule has 2 aromatic carbocycles. The number of allylic oxidation sites excluding steroid dienone is 1. The van der Waals surface area contributed by atoms with Crippen molar-refractivity contribution in [2.45, 2.75) is 39.2 Å². The molecular formula is C26H28N4O2. The molecule has 1 unspecified atom stereocenters. The number of nitrogens with one attached hydrogen (secondary N) is 2. The van der Waals surface area contributed by atoms with Gasteiger partial charge in [-0.25, -0.2) is 4.99 Å². The molecule has 0 spiro atoms. The van der Waals surface area contributed by atoms with E-state index in [1.54, 1.807) is 0 Å². The molecule has 6 heteroatoms. The van der Waals surface area contributed by atoms with Gasteiger partial charge in [-0.05, 0) is 85.7 Å². The lowest BCUT2D eigenvalue weighted by molar-refractivity contribution is 0.340. The summed E-state index contributed by atoms with van der Waals surface area (Å²) in [6.45, 7) is 5.25. The normalized spacial score (nSPS) is 18.8. The lowest BCUT2D eigenvalue weighted by Crippen LogP contribution is -2.39. The van der Waals surface area contributed by atoms with Crippen molar-refractivity contribution in [2.75, 3.05) is 13.2 Å². The lowest BCUT2D eigenvalue weighted by atomic mass is 9.84. The van der Waals surface area contributed by atoms with Crippen LogP contribution in [0.25, 0.3) is 6.08 Å². The van der Waals surface area contributed by atoms with Crippen LogP contribution in [0.3, 0.4) is 0 Å². The maximum atomic E-state index is 9.20. The molecule has 4 rings (SSSR count). The van der Waals surface area contributed by atoms with Gasteiger partial charge in [0, 0.05) is 5.70 Å². The Morgan fingerprint density at radius 2 is 1.69 bits per heavy atom. The van der Waals surface area contributed by atoms with Crippen LogP contribution in [-0.2, 0) is 0 Å². The number of hydrogen-bond acceptors (Lipinski definition) is 6. The average molecular weight is 429 g/mol. The molecule has 164 valence electrons. The summed E-state index contributed by atoms with van der Waals surface area (Å²) in [4.78, 5) is 4.80. The maximum Gasteiger partial charge on any atom is 0.210 e. The van der Waals surface area contributed by atoms with Crippen molar-refractivity contribution >= 4 is 12.0 Å². The average Bonchev–Trinajstić information content (AvgIpc) is 2.81.